The number of benzene rings is 1. The Morgan fingerprint density at radius 2 is 2.23 bits per heavy atom. The van der Waals surface area contributed by atoms with Gasteiger partial charge >= 0.3 is 0 Å². The van der Waals surface area contributed by atoms with E-state index < -0.39 is 0 Å². The lowest BCUT2D eigenvalue weighted by atomic mass is 9.95. The first-order valence-electron chi connectivity index (χ1n) is 8.90. The molecule has 1 fully saturated rings. The normalized spacial score (nSPS) is 18.0. The van der Waals surface area contributed by atoms with E-state index in [1.54, 1.807) is 7.05 Å². The molecule has 0 bridgehead atoms. The number of aliphatic imine (C=N–C) groups is 1. The van der Waals surface area contributed by atoms with Gasteiger partial charge in [-0.15, -0.1) is 0 Å². The number of likely N-dealkylation sites (tertiary alicyclic amines) is 1. The molecule has 1 aromatic carbocycles. The van der Waals surface area contributed by atoms with Gasteiger partial charge < -0.3 is 20.5 Å². The van der Waals surface area contributed by atoms with E-state index in [2.05, 4.69) is 20.4 Å². The maximum absolute atomic E-state index is 11.2. The van der Waals surface area contributed by atoms with Crippen LogP contribution in [0.2, 0.25) is 0 Å². The number of carbonyl (C=O) groups is 1. The predicted octanol–water partition coefficient (Wildman–Crippen LogP) is 2.00. The van der Waals surface area contributed by atoms with Crippen LogP contribution < -0.4 is 11.1 Å². The van der Waals surface area contributed by atoms with Crippen molar-refractivity contribution in [3.8, 4) is 11.3 Å². The zero-order chi connectivity index (χ0) is 18.4. The molecule has 0 spiro atoms. The van der Waals surface area contributed by atoms with Crippen LogP contribution in [-0.4, -0.2) is 42.1 Å². The summed E-state index contributed by atoms with van der Waals surface area (Å²) in [5.41, 5.74) is 7.16. The second-order valence-electron chi connectivity index (χ2n) is 6.57. The zero-order valence-electron chi connectivity index (χ0n) is 15.0. The summed E-state index contributed by atoms with van der Waals surface area (Å²) in [6, 6.07) is 11.8. The summed E-state index contributed by atoms with van der Waals surface area (Å²) in [6.07, 6.45) is 2.48. The lowest BCUT2D eigenvalue weighted by Crippen LogP contribution is -2.46. The Bertz CT molecular complexity index is 756. The molecular formula is C19H25N5O2. The van der Waals surface area contributed by atoms with Crippen molar-refractivity contribution in [3.63, 3.8) is 0 Å². The van der Waals surface area contributed by atoms with E-state index >= 15 is 0 Å². The van der Waals surface area contributed by atoms with Gasteiger partial charge in [0.15, 0.2) is 11.7 Å². The van der Waals surface area contributed by atoms with Crippen LogP contribution in [0, 0.1) is 5.92 Å². The highest BCUT2D eigenvalue weighted by atomic mass is 16.5. The molecular weight excluding hydrogens is 330 g/mol. The summed E-state index contributed by atoms with van der Waals surface area (Å²) in [5, 5.41) is 7.46. The molecule has 0 saturated carbocycles. The van der Waals surface area contributed by atoms with Crippen molar-refractivity contribution in [2.75, 3.05) is 20.1 Å². The molecule has 1 aliphatic rings. The number of piperidine rings is 1. The van der Waals surface area contributed by atoms with Crippen molar-refractivity contribution < 1.29 is 9.32 Å². The first kappa shape index (κ1) is 18.0. The fourth-order valence-corrected chi connectivity index (χ4v) is 3.34. The molecule has 1 aromatic heterocycles. The van der Waals surface area contributed by atoms with Gasteiger partial charge in [0.1, 0.15) is 5.69 Å². The third-order valence-corrected chi connectivity index (χ3v) is 4.57. The summed E-state index contributed by atoms with van der Waals surface area (Å²) >= 11 is 0. The van der Waals surface area contributed by atoms with Crippen LogP contribution in [0.3, 0.4) is 0 Å². The highest BCUT2D eigenvalue weighted by Crippen LogP contribution is 2.21. The van der Waals surface area contributed by atoms with Crippen LogP contribution in [0.1, 0.15) is 25.0 Å². The average molecular weight is 355 g/mol. The molecule has 7 nitrogen and oxygen atoms in total. The molecule has 1 amide bonds. The van der Waals surface area contributed by atoms with Crippen LogP contribution >= 0.6 is 0 Å². The van der Waals surface area contributed by atoms with Crippen LogP contribution in [-0.2, 0) is 11.3 Å². The van der Waals surface area contributed by atoms with Crippen molar-refractivity contribution in [1.29, 1.82) is 0 Å². The van der Waals surface area contributed by atoms with Crippen molar-refractivity contribution in [2.24, 2.45) is 16.6 Å². The maximum atomic E-state index is 11.2. The molecule has 1 unspecified atom stereocenters. The highest BCUT2D eigenvalue weighted by molar-refractivity contribution is 5.80. The standard InChI is InChI=1S/C19H25N5O2/c1-21-19(24-9-5-6-14(13-24)10-18(20)25)22-12-16-11-17(26-23-16)15-7-3-2-4-8-15/h2-4,7-8,11,14H,5-6,9-10,12-13H2,1H3,(H2,20,25)(H,21,22). The largest absolute Gasteiger partial charge is 0.370 e. The smallest absolute Gasteiger partial charge is 0.217 e. The fourth-order valence-electron chi connectivity index (χ4n) is 3.34. The quantitative estimate of drug-likeness (QED) is 0.632. The van der Waals surface area contributed by atoms with E-state index in [4.69, 9.17) is 10.3 Å². The Morgan fingerprint density at radius 3 is 2.96 bits per heavy atom. The maximum Gasteiger partial charge on any atom is 0.217 e. The number of nitrogens with two attached hydrogens (primary N) is 1. The molecule has 0 radical (unpaired) electrons. The average Bonchev–Trinajstić information content (AvgIpc) is 3.12. The number of nitrogens with one attached hydrogen (secondary N) is 1. The number of guanidine groups is 1. The van der Waals surface area contributed by atoms with E-state index in [-0.39, 0.29) is 11.8 Å². The Labute approximate surface area is 153 Å². The third kappa shape index (κ3) is 4.62. The van der Waals surface area contributed by atoms with Crippen molar-refractivity contribution >= 4 is 11.9 Å². The summed E-state index contributed by atoms with van der Waals surface area (Å²) in [4.78, 5) is 17.7. The lowest BCUT2D eigenvalue weighted by Gasteiger charge is -2.34. The molecule has 1 saturated heterocycles. The number of rotatable bonds is 5. The summed E-state index contributed by atoms with van der Waals surface area (Å²) in [6.45, 7) is 2.24. The van der Waals surface area contributed by atoms with E-state index in [9.17, 15) is 4.79 Å². The topological polar surface area (TPSA) is 96.8 Å². The minimum absolute atomic E-state index is 0.240. The van der Waals surface area contributed by atoms with E-state index in [0.29, 0.717) is 13.0 Å². The number of hydrogen-bond donors (Lipinski definition) is 2. The van der Waals surface area contributed by atoms with Crippen molar-refractivity contribution in [2.45, 2.75) is 25.8 Å². The number of carbonyl (C=O) groups excluding carboxylic acids is 1. The van der Waals surface area contributed by atoms with Gasteiger partial charge in [-0.05, 0) is 18.8 Å². The molecule has 26 heavy (non-hydrogen) atoms. The Hall–Kier alpha value is -2.83. The van der Waals surface area contributed by atoms with Gasteiger partial charge in [-0.25, -0.2) is 0 Å². The molecule has 3 rings (SSSR count). The summed E-state index contributed by atoms with van der Waals surface area (Å²) < 4.78 is 5.43. The minimum Gasteiger partial charge on any atom is -0.370 e. The van der Waals surface area contributed by atoms with Gasteiger partial charge in [0.2, 0.25) is 5.91 Å². The summed E-state index contributed by atoms with van der Waals surface area (Å²) in [5.74, 6) is 1.60. The third-order valence-electron chi connectivity index (χ3n) is 4.57. The first-order valence-corrected chi connectivity index (χ1v) is 8.90. The molecule has 2 heterocycles. The Balaban J connectivity index is 1.58. The molecule has 2 aromatic rings. The van der Waals surface area contributed by atoms with E-state index in [1.165, 1.54) is 0 Å². The summed E-state index contributed by atoms with van der Waals surface area (Å²) in [7, 11) is 1.76. The number of aromatic nitrogens is 1. The SMILES string of the molecule is CN=C(NCc1cc(-c2ccccc2)on1)N1CCCC(CC(N)=O)C1. The monoisotopic (exact) mass is 355 g/mol. The van der Waals surface area contributed by atoms with Gasteiger partial charge in [-0.2, -0.15) is 0 Å². The fraction of sp³-hybridized carbons (Fsp3) is 0.421. The molecule has 138 valence electrons. The van der Waals surface area contributed by atoms with Crippen molar-refractivity contribution in [3.05, 3.63) is 42.1 Å². The minimum atomic E-state index is -0.240. The van der Waals surface area contributed by atoms with Gasteiger partial charge in [0, 0.05) is 38.2 Å². The van der Waals surface area contributed by atoms with Crippen LogP contribution in [0.25, 0.3) is 11.3 Å². The predicted molar refractivity (Wildman–Crippen MR) is 100 cm³/mol. The molecule has 3 N–H and O–H groups in total. The lowest BCUT2D eigenvalue weighted by molar-refractivity contribution is -0.119. The molecule has 0 aliphatic carbocycles. The second kappa shape index (κ2) is 8.51. The Morgan fingerprint density at radius 1 is 1.42 bits per heavy atom. The zero-order valence-corrected chi connectivity index (χ0v) is 15.0. The van der Waals surface area contributed by atoms with Gasteiger partial charge in [-0.3, -0.25) is 9.79 Å². The van der Waals surface area contributed by atoms with Crippen LogP contribution in [0.5, 0.6) is 0 Å². The van der Waals surface area contributed by atoms with Gasteiger partial charge in [0.05, 0.1) is 6.54 Å². The van der Waals surface area contributed by atoms with Crippen molar-refractivity contribution in [1.82, 2.24) is 15.4 Å². The van der Waals surface area contributed by atoms with Crippen LogP contribution in [0.4, 0.5) is 0 Å². The molecule has 1 aliphatic heterocycles. The van der Waals surface area contributed by atoms with Gasteiger partial charge in [0.25, 0.3) is 0 Å². The Kier molecular flexibility index (Phi) is 5.88. The van der Waals surface area contributed by atoms with E-state index in [0.717, 1.165) is 48.9 Å². The molecule has 7 heteroatoms. The van der Waals surface area contributed by atoms with E-state index in [1.807, 2.05) is 36.4 Å². The second-order valence-corrected chi connectivity index (χ2v) is 6.57. The highest BCUT2D eigenvalue weighted by Gasteiger charge is 2.23. The first-order chi connectivity index (χ1) is 12.7. The van der Waals surface area contributed by atoms with Crippen LogP contribution in [0.15, 0.2) is 45.9 Å². The number of nitrogens with zero attached hydrogens (tertiary/aromatic N) is 3. The number of hydrogen-bond acceptors (Lipinski definition) is 4. The molecule has 1 atom stereocenters. The number of primary amides is 1. The number of amides is 1. The van der Waals surface area contributed by atoms with Gasteiger partial charge in [-0.1, -0.05) is 35.5 Å².